The van der Waals surface area contributed by atoms with Crippen molar-refractivity contribution in [2.75, 3.05) is 6.54 Å². The summed E-state index contributed by atoms with van der Waals surface area (Å²) in [5.41, 5.74) is 0. The van der Waals surface area contributed by atoms with Crippen LogP contribution >= 0.6 is 0 Å². The molecule has 0 heterocycles. The predicted molar refractivity (Wildman–Crippen MR) is 44.8 cm³/mol. The molecule has 0 rings (SSSR count). The van der Waals surface area contributed by atoms with E-state index in [0.717, 1.165) is 12.3 Å². The van der Waals surface area contributed by atoms with Crippen LogP contribution in [0.5, 0.6) is 0 Å². The standard InChI is InChI=1S/C7H10N2O4/c8-3-1-5(10)7(13)9-4-2-6(11)12/h1,3,8,10H,2,4H2,(H,9,13)(H,11,12)/b5-1-,8-3?. The highest BCUT2D eigenvalue weighted by Crippen LogP contribution is 1.86. The summed E-state index contributed by atoms with van der Waals surface area (Å²) in [5, 5.41) is 25.7. The average Bonchev–Trinajstić information content (AvgIpc) is 2.04. The lowest BCUT2D eigenvalue weighted by molar-refractivity contribution is -0.136. The minimum Gasteiger partial charge on any atom is -0.503 e. The fourth-order valence-corrected chi connectivity index (χ4v) is 0.528. The molecule has 0 aliphatic carbocycles. The molecule has 4 N–H and O–H groups in total. The summed E-state index contributed by atoms with van der Waals surface area (Å²) in [7, 11) is 0. The summed E-state index contributed by atoms with van der Waals surface area (Å²) >= 11 is 0. The molecule has 0 atom stereocenters. The van der Waals surface area contributed by atoms with Crippen LogP contribution in [0.3, 0.4) is 0 Å². The number of allylic oxidation sites excluding steroid dienone is 1. The molecule has 1 amide bonds. The number of rotatable bonds is 5. The first-order valence-electron chi connectivity index (χ1n) is 3.47. The molecule has 0 aromatic carbocycles. The summed E-state index contributed by atoms with van der Waals surface area (Å²) in [6, 6.07) is 0. The number of carbonyl (C=O) groups is 2. The Morgan fingerprint density at radius 2 is 2.00 bits per heavy atom. The third kappa shape index (κ3) is 5.42. The highest BCUT2D eigenvalue weighted by atomic mass is 16.4. The van der Waals surface area contributed by atoms with Crippen molar-refractivity contribution in [2.24, 2.45) is 0 Å². The molecule has 0 bridgehead atoms. The van der Waals surface area contributed by atoms with Crippen molar-refractivity contribution in [3.63, 3.8) is 0 Å². The molecule has 0 saturated heterocycles. The van der Waals surface area contributed by atoms with E-state index in [0.29, 0.717) is 0 Å². The minimum atomic E-state index is -1.03. The fraction of sp³-hybridized carbons (Fsp3) is 0.286. The van der Waals surface area contributed by atoms with Gasteiger partial charge in [0.05, 0.1) is 6.42 Å². The molecular formula is C7H10N2O4. The van der Waals surface area contributed by atoms with Gasteiger partial charge in [-0.3, -0.25) is 9.59 Å². The van der Waals surface area contributed by atoms with E-state index in [-0.39, 0.29) is 13.0 Å². The molecule has 0 aliphatic heterocycles. The highest BCUT2D eigenvalue weighted by molar-refractivity contribution is 5.94. The first-order chi connectivity index (χ1) is 6.07. The molecule has 72 valence electrons. The van der Waals surface area contributed by atoms with Crippen molar-refractivity contribution < 1.29 is 19.8 Å². The van der Waals surface area contributed by atoms with E-state index in [2.05, 4.69) is 5.32 Å². The van der Waals surface area contributed by atoms with Crippen LogP contribution in [0.2, 0.25) is 0 Å². The molecule has 0 radical (unpaired) electrons. The van der Waals surface area contributed by atoms with Crippen LogP contribution in [0.25, 0.3) is 0 Å². The van der Waals surface area contributed by atoms with Crippen molar-refractivity contribution in [3.8, 4) is 0 Å². The van der Waals surface area contributed by atoms with E-state index in [1.807, 2.05) is 0 Å². The normalized spacial score (nSPS) is 10.6. The summed E-state index contributed by atoms with van der Waals surface area (Å²) in [4.78, 5) is 20.8. The predicted octanol–water partition coefficient (Wildman–Crippen LogP) is -0.331. The van der Waals surface area contributed by atoms with Crippen molar-refractivity contribution in [3.05, 3.63) is 11.8 Å². The maximum atomic E-state index is 10.8. The van der Waals surface area contributed by atoms with Crippen LogP contribution in [0.1, 0.15) is 6.42 Å². The topological polar surface area (TPSA) is 110 Å². The number of aliphatic hydroxyl groups excluding tert-OH is 1. The van der Waals surface area contributed by atoms with Crippen molar-refractivity contribution >= 4 is 18.1 Å². The highest BCUT2D eigenvalue weighted by Gasteiger charge is 2.05. The number of hydrogen-bond donors (Lipinski definition) is 4. The van der Waals surface area contributed by atoms with Gasteiger partial charge in [-0.1, -0.05) is 0 Å². The van der Waals surface area contributed by atoms with Gasteiger partial charge < -0.3 is 20.9 Å². The quantitative estimate of drug-likeness (QED) is 0.267. The summed E-state index contributed by atoms with van der Waals surface area (Å²) < 4.78 is 0. The van der Waals surface area contributed by atoms with Crippen LogP contribution < -0.4 is 5.32 Å². The Kier molecular flexibility index (Phi) is 4.94. The summed E-state index contributed by atoms with van der Waals surface area (Å²) in [5.74, 6) is -2.43. The number of aliphatic hydroxyl groups is 1. The van der Waals surface area contributed by atoms with Crippen LogP contribution in [0, 0.1) is 5.41 Å². The third-order valence-corrected chi connectivity index (χ3v) is 1.10. The maximum Gasteiger partial charge on any atom is 0.305 e. The maximum absolute atomic E-state index is 10.8. The number of aliphatic carboxylic acids is 1. The zero-order valence-electron chi connectivity index (χ0n) is 6.78. The SMILES string of the molecule is N=C/C=C(\O)C(=O)NCCC(=O)O. The molecule has 13 heavy (non-hydrogen) atoms. The number of carbonyl (C=O) groups excluding carboxylic acids is 1. The summed E-state index contributed by atoms with van der Waals surface area (Å²) in [6.07, 6.45) is 1.45. The van der Waals surface area contributed by atoms with Crippen LogP contribution in [-0.2, 0) is 9.59 Å². The van der Waals surface area contributed by atoms with Crippen LogP contribution in [0.4, 0.5) is 0 Å². The minimum absolute atomic E-state index is 0.0515. The lowest BCUT2D eigenvalue weighted by Crippen LogP contribution is -2.27. The van der Waals surface area contributed by atoms with Gasteiger partial charge in [-0.2, -0.15) is 0 Å². The van der Waals surface area contributed by atoms with Crippen molar-refractivity contribution in [1.29, 1.82) is 5.41 Å². The van der Waals surface area contributed by atoms with Gasteiger partial charge in [0.1, 0.15) is 0 Å². The number of carboxylic acid groups (broad SMARTS) is 1. The number of nitrogens with one attached hydrogen (secondary N) is 2. The van der Waals surface area contributed by atoms with Gasteiger partial charge in [-0.05, 0) is 0 Å². The second-order valence-electron chi connectivity index (χ2n) is 2.12. The smallest absolute Gasteiger partial charge is 0.305 e. The molecule has 0 saturated carbocycles. The Morgan fingerprint density at radius 1 is 1.38 bits per heavy atom. The molecule has 0 aromatic heterocycles. The van der Waals surface area contributed by atoms with Gasteiger partial charge in [0.15, 0.2) is 5.76 Å². The van der Waals surface area contributed by atoms with E-state index < -0.39 is 17.6 Å². The van der Waals surface area contributed by atoms with Crippen molar-refractivity contribution in [2.45, 2.75) is 6.42 Å². The Hall–Kier alpha value is -1.85. The van der Waals surface area contributed by atoms with Crippen LogP contribution in [-0.4, -0.2) is 34.8 Å². The van der Waals surface area contributed by atoms with E-state index in [9.17, 15) is 9.59 Å². The van der Waals surface area contributed by atoms with Gasteiger partial charge in [-0.25, -0.2) is 0 Å². The zero-order valence-corrected chi connectivity index (χ0v) is 6.78. The van der Waals surface area contributed by atoms with Gasteiger partial charge in [0.2, 0.25) is 0 Å². The Balaban J connectivity index is 3.81. The molecule has 0 fully saturated rings. The molecule has 6 heteroatoms. The van der Waals surface area contributed by atoms with Gasteiger partial charge in [-0.15, -0.1) is 0 Å². The Morgan fingerprint density at radius 3 is 2.46 bits per heavy atom. The monoisotopic (exact) mass is 186 g/mol. The second kappa shape index (κ2) is 5.76. The van der Waals surface area contributed by atoms with Gasteiger partial charge in [0.25, 0.3) is 5.91 Å². The molecular weight excluding hydrogens is 176 g/mol. The van der Waals surface area contributed by atoms with Gasteiger partial charge in [0, 0.05) is 18.8 Å². The van der Waals surface area contributed by atoms with E-state index in [1.54, 1.807) is 0 Å². The molecule has 0 aromatic rings. The van der Waals surface area contributed by atoms with E-state index >= 15 is 0 Å². The fourth-order valence-electron chi connectivity index (χ4n) is 0.528. The molecule has 0 aliphatic rings. The number of hydrogen-bond acceptors (Lipinski definition) is 4. The molecule has 6 nitrogen and oxygen atoms in total. The first kappa shape index (κ1) is 11.2. The average molecular weight is 186 g/mol. The van der Waals surface area contributed by atoms with E-state index in [1.165, 1.54) is 0 Å². The van der Waals surface area contributed by atoms with Crippen LogP contribution in [0.15, 0.2) is 11.8 Å². The van der Waals surface area contributed by atoms with Crippen molar-refractivity contribution in [1.82, 2.24) is 5.32 Å². The number of carboxylic acids is 1. The lowest BCUT2D eigenvalue weighted by atomic mass is 10.4. The Labute approximate surface area is 74.4 Å². The second-order valence-corrected chi connectivity index (χ2v) is 2.12. The zero-order chi connectivity index (χ0) is 10.3. The third-order valence-electron chi connectivity index (χ3n) is 1.10. The molecule has 0 spiro atoms. The first-order valence-corrected chi connectivity index (χ1v) is 3.47. The Bertz CT molecular complexity index is 247. The number of amides is 1. The summed E-state index contributed by atoms with van der Waals surface area (Å²) in [6.45, 7) is -0.0515. The van der Waals surface area contributed by atoms with E-state index in [4.69, 9.17) is 15.6 Å². The largest absolute Gasteiger partial charge is 0.503 e. The lowest BCUT2D eigenvalue weighted by Gasteiger charge is -2.00. The van der Waals surface area contributed by atoms with Gasteiger partial charge >= 0.3 is 5.97 Å². The molecule has 0 unspecified atom stereocenters.